The quantitative estimate of drug-likeness (QED) is 0.517. The van der Waals surface area contributed by atoms with E-state index in [0.717, 1.165) is 36.1 Å². The minimum absolute atomic E-state index is 0.340. The van der Waals surface area contributed by atoms with Crippen molar-refractivity contribution in [1.29, 1.82) is 0 Å². The second kappa shape index (κ2) is 9.92. The van der Waals surface area contributed by atoms with Gasteiger partial charge in [-0.1, -0.05) is 18.6 Å². The van der Waals surface area contributed by atoms with Gasteiger partial charge in [-0.15, -0.1) is 0 Å². The van der Waals surface area contributed by atoms with E-state index in [1.165, 1.54) is 62.9 Å². The lowest BCUT2D eigenvalue weighted by Gasteiger charge is -2.46. The number of anilines is 4. The second-order valence-corrected chi connectivity index (χ2v) is 10.4. The third-order valence-electron chi connectivity index (χ3n) is 8.13. The average Bonchev–Trinajstić information content (AvgIpc) is 3.62. The van der Waals surface area contributed by atoms with E-state index in [2.05, 4.69) is 74.7 Å². The average molecular weight is 462 g/mol. The molecule has 1 spiro atoms. The summed E-state index contributed by atoms with van der Waals surface area (Å²) in [6, 6.07) is 8.68. The summed E-state index contributed by atoms with van der Waals surface area (Å²) in [6.07, 6.45) is 11.8. The largest absolute Gasteiger partial charge is 0.371 e. The Balaban J connectivity index is 1.21. The Morgan fingerprint density at radius 2 is 1.79 bits per heavy atom. The van der Waals surface area contributed by atoms with Crippen LogP contribution in [0.1, 0.15) is 51.0 Å². The van der Waals surface area contributed by atoms with Crippen molar-refractivity contribution in [2.45, 2.75) is 45.4 Å². The Labute approximate surface area is 203 Å². The number of aromatic nitrogens is 2. The van der Waals surface area contributed by atoms with Crippen LogP contribution < -0.4 is 21.3 Å². The molecule has 2 saturated heterocycles. The molecule has 1 aliphatic carbocycles. The maximum Gasteiger partial charge on any atom is 0.229 e. The van der Waals surface area contributed by atoms with Crippen molar-refractivity contribution in [2.24, 2.45) is 17.1 Å². The second-order valence-electron chi connectivity index (χ2n) is 10.4. The van der Waals surface area contributed by atoms with Gasteiger partial charge >= 0.3 is 0 Å². The smallest absolute Gasteiger partial charge is 0.229 e. The predicted molar refractivity (Wildman–Crippen MR) is 141 cm³/mol. The fraction of sp³-hybridized carbons (Fsp3) is 0.556. The molecule has 1 unspecified atom stereocenters. The van der Waals surface area contributed by atoms with E-state index >= 15 is 0 Å². The molecule has 1 atom stereocenters. The zero-order valence-electron chi connectivity index (χ0n) is 20.7. The van der Waals surface area contributed by atoms with Gasteiger partial charge in [0, 0.05) is 36.2 Å². The van der Waals surface area contributed by atoms with E-state index < -0.39 is 0 Å². The first-order valence-corrected chi connectivity index (χ1v) is 12.9. The summed E-state index contributed by atoms with van der Waals surface area (Å²) in [6.45, 7) is 7.39. The number of nitrogens with zero attached hydrogens (tertiary/aromatic N) is 4. The van der Waals surface area contributed by atoms with Gasteiger partial charge in [-0.05, 0) is 94.3 Å². The molecule has 2 aromatic rings. The lowest BCUT2D eigenvalue weighted by atomic mass is 9.71. The maximum atomic E-state index is 5.75. The minimum atomic E-state index is 0.340. The van der Waals surface area contributed by atoms with Gasteiger partial charge in [-0.25, -0.2) is 4.98 Å². The first-order valence-electron chi connectivity index (χ1n) is 12.9. The minimum Gasteiger partial charge on any atom is -0.371 e. The Morgan fingerprint density at radius 1 is 1.09 bits per heavy atom. The van der Waals surface area contributed by atoms with Crippen molar-refractivity contribution >= 4 is 29.2 Å². The fourth-order valence-electron chi connectivity index (χ4n) is 5.52. The number of benzene rings is 1. The van der Waals surface area contributed by atoms with Crippen LogP contribution in [-0.4, -0.2) is 54.8 Å². The highest BCUT2D eigenvalue weighted by Crippen LogP contribution is 2.43. The van der Waals surface area contributed by atoms with E-state index in [9.17, 15) is 0 Å². The third-order valence-corrected chi connectivity index (χ3v) is 8.13. The Bertz CT molecular complexity index is 998. The molecule has 3 heterocycles. The van der Waals surface area contributed by atoms with Crippen LogP contribution in [-0.2, 0) is 0 Å². The molecule has 3 fully saturated rings. The van der Waals surface area contributed by atoms with Crippen molar-refractivity contribution in [3.8, 4) is 0 Å². The molecule has 1 aromatic heterocycles. The zero-order valence-corrected chi connectivity index (χ0v) is 20.7. The van der Waals surface area contributed by atoms with Gasteiger partial charge in [0.2, 0.25) is 5.95 Å². The highest BCUT2D eigenvalue weighted by atomic mass is 15.2. The normalized spacial score (nSPS) is 23.3. The van der Waals surface area contributed by atoms with Crippen LogP contribution in [0.3, 0.4) is 0 Å². The number of allylic oxidation sites excluding steroid dienone is 1. The van der Waals surface area contributed by atoms with Crippen molar-refractivity contribution in [3.05, 3.63) is 41.6 Å². The zero-order chi connectivity index (χ0) is 23.5. The van der Waals surface area contributed by atoms with Gasteiger partial charge in [-0.3, -0.25) is 0 Å². The molecule has 7 nitrogen and oxygen atoms in total. The molecule has 1 aromatic carbocycles. The van der Waals surface area contributed by atoms with Gasteiger partial charge in [0.25, 0.3) is 0 Å². The highest BCUT2D eigenvalue weighted by molar-refractivity contribution is 5.69. The summed E-state index contributed by atoms with van der Waals surface area (Å²) in [5, 5.41) is 6.53. The van der Waals surface area contributed by atoms with Crippen LogP contribution in [0.2, 0.25) is 0 Å². The van der Waals surface area contributed by atoms with Crippen LogP contribution in [0.25, 0.3) is 6.08 Å². The lowest BCUT2D eigenvalue weighted by Crippen LogP contribution is -2.46. The van der Waals surface area contributed by atoms with Gasteiger partial charge in [0.05, 0.1) is 6.67 Å². The molecule has 34 heavy (non-hydrogen) atoms. The molecular formula is C27H39N7. The first kappa shape index (κ1) is 23.1. The predicted octanol–water partition coefficient (Wildman–Crippen LogP) is 4.67. The molecule has 5 rings (SSSR count). The summed E-state index contributed by atoms with van der Waals surface area (Å²) in [5.74, 6) is 2.08. The van der Waals surface area contributed by atoms with Crippen LogP contribution in [0.4, 0.5) is 23.1 Å². The van der Waals surface area contributed by atoms with Gasteiger partial charge in [-0.2, -0.15) is 4.98 Å². The van der Waals surface area contributed by atoms with Gasteiger partial charge in [0.15, 0.2) is 0 Å². The fourth-order valence-corrected chi connectivity index (χ4v) is 5.52. The summed E-state index contributed by atoms with van der Waals surface area (Å²) in [4.78, 5) is 14.2. The lowest BCUT2D eigenvalue weighted by molar-refractivity contribution is 0.0945. The molecule has 7 heteroatoms. The molecule has 0 bridgehead atoms. The Morgan fingerprint density at radius 3 is 2.44 bits per heavy atom. The summed E-state index contributed by atoms with van der Waals surface area (Å²) >= 11 is 0. The Hall–Kier alpha value is -2.64. The van der Waals surface area contributed by atoms with Gasteiger partial charge < -0.3 is 26.2 Å². The van der Waals surface area contributed by atoms with Crippen LogP contribution >= 0.6 is 0 Å². The van der Waals surface area contributed by atoms with Crippen molar-refractivity contribution in [3.63, 3.8) is 0 Å². The molecule has 4 N–H and O–H groups in total. The van der Waals surface area contributed by atoms with E-state index in [1.807, 2.05) is 6.20 Å². The molecule has 0 amide bonds. The first-order chi connectivity index (χ1) is 16.6. The number of rotatable bonds is 7. The number of piperidine rings is 2. The SMILES string of the molecule is CCC1C/C1=C\c1cnc(Nc2ccc(N3CCC4(CCN(C)CC4)CC3)cc2)nc1NCN. The standard InChI is InChI=1S/C27H39N7/c1-3-20-16-21(20)17-22-18-29-26(32-25(22)30-19-28)31-23-4-6-24(7-5-23)34-14-10-27(11-15-34)8-12-33(2)13-9-27/h4-7,17-18,20H,3,8-16,19,28H2,1-2H3,(H2,29,30,31,32)/b21-17+. The summed E-state index contributed by atoms with van der Waals surface area (Å²) in [7, 11) is 2.25. The molecule has 2 aliphatic heterocycles. The molecular weight excluding hydrogens is 422 g/mol. The number of hydrogen-bond acceptors (Lipinski definition) is 7. The van der Waals surface area contributed by atoms with E-state index in [4.69, 9.17) is 5.73 Å². The van der Waals surface area contributed by atoms with E-state index in [1.54, 1.807) is 0 Å². The highest BCUT2D eigenvalue weighted by Gasteiger charge is 2.36. The van der Waals surface area contributed by atoms with Crippen LogP contribution in [0, 0.1) is 11.3 Å². The van der Waals surface area contributed by atoms with Crippen molar-refractivity contribution < 1.29 is 0 Å². The number of nitrogens with two attached hydrogens (primary N) is 1. The number of likely N-dealkylation sites (tertiary alicyclic amines) is 1. The van der Waals surface area contributed by atoms with Crippen LogP contribution in [0.15, 0.2) is 36.0 Å². The van der Waals surface area contributed by atoms with E-state index in [-0.39, 0.29) is 0 Å². The molecule has 0 radical (unpaired) electrons. The molecule has 182 valence electrons. The number of hydrogen-bond donors (Lipinski definition) is 3. The monoisotopic (exact) mass is 461 g/mol. The number of nitrogens with one attached hydrogen (secondary N) is 2. The van der Waals surface area contributed by atoms with Gasteiger partial charge in [0.1, 0.15) is 5.82 Å². The van der Waals surface area contributed by atoms with E-state index in [0.29, 0.717) is 18.0 Å². The maximum absolute atomic E-state index is 5.75. The van der Waals surface area contributed by atoms with Crippen molar-refractivity contribution in [1.82, 2.24) is 14.9 Å². The summed E-state index contributed by atoms with van der Waals surface area (Å²) in [5.41, 5.74) is 11.1. The third kappa shape index (κ3) is 5.20. The Kier molecular flexibility index (Phi) is 6.75. The van der Waals surface area contributed by atoms with Crippen LogP contribution in [0.5, 0.6) is 0 Å². The van der Waals surface area contributed by atoms with Crippen molar-refractivity contribution in [2.75, 3.05) is 55.4 Å². The summed E-state index contributed by atoms with van der Waals surface area (Å²) < 4.78 is 0. The molecule has 3 aliphatic rings. The molecule has 1 saturated carbocycles. The topological polar surface area (TPSA) is 82.3 Å².